The maximum absolute atomic E-state index is 13.2. The number of rotatable bonds is 9. The smallest absolute Gasteiger partial charge is 0.262 e. The highest BCUT2D eigenvalue weighted by atomic mass is 16.5. The van der Waals surface area contributed by atoms with Crippen molar-refractivity contribution < 1.29 is 28.6 Å². The van der Waals surface area contributed by atoms with Gasteiger partial charge in [0, 0.05) is 12.1 Å². The molecule has 1 aliphatic heterocycles. The first-order valence-corrected chi connectivity index (χ1v) is 10.4. The third-order valence-corrected chi connectivity index (χ3v) is 5.39. The zero-order valence-electron chi connectivity index (χ0n) is 18.9. The lowest BCUT2D eigenvalue weighted by Gasteiger charge is -2.27. The first-order chi connectivity index (χ1) is 15.3. The molecule has 8 heteroatoms. The summed E-state index contributed by atoms with van der Waals surface area (Å²) >= 11 is 0. The monoisotopic (exact) mass is 440 g/mol. The fourth-order valence-corrected chi connectivity index (χ4v) is 3.81. The topological polar surface area (TPSA) is 94.2 Å². The van der Waals surface area contributed by atoms with Crippen molar-refractivity contribution in [3.63, 3.8) is 0 Å². The van der Waals surface area contributed by atoms with Crippen molar-refractivity contribution in [2.45, 2.75) is 32.9 Å². The van der Waals surface area contributed by atoms with Crippen LogP contribution in [0.1, 0.15) is 46.5 Å². The van der Waals surface area contributed by atoms with Gasteiger partial charge in [0.2, 0.25) is 5.91 Å². The van der Waals surface area contributed by atoms with Crippen LogP contribution in [0.25, 0.3) is 0 Å². The van der Waals surface area contributed by atoms with Gasteiger partial charge >= 0.3 is 0 Å². The average Bonchev–Trinajstić information content (AvgIpc) is 3.05. The summed E-state index contributed by atoms with van der Waals surface area (Å²) in [5, 5.41) is 2.85. The molecule has 1 N–H and O–H groups in total. The molecule has 0 saturated heterocycles. The van der Waals surface area contributed by atoms with Gasteiger partial charge in [0.25, 0.3) is 11.8 Å². The Hall–Kier alpha value is -3.55. The molecule has 1 heterocycles. The minimum absolute atomic E-state index is 0.0834. The van der Waals surface area contributed by atoms with Crippen molar-refractivity contribution in [2.24, 2.45) is 5.92 Å². The van der Waals surface area contributed by atoms with Crippen molar-refractivity contribution in [1.29, 1.82) is 0 Å². The quantitative estimate of drug-likeness (QED) is 0.603. The number of methoxy groups -OCH3 is 3. The predicted octanol–water partition coefficient (Wildman–Crippen LogP) is 3.04. The van der Waals surface area contributed by atoms with Gasteiger partial charge in [-0.2, -0.15) is 0 Å². The van der Waals surface area contributed by atoms with Gasteiger partial charge in [0.15, 0.2) is 0 Å². The maximum atomic E-state index is 13.2. The fourth-order valence-electron chi connectivity index (χ4n) is 3.81. The van der Waals surface area contributed by atoms with Gasteiger partial charge in [-0.25, -0.2) is 0 Å². The first kappa shape index (κ1) is 23.1. The number of hydrogen-bond acceptors (Lipinski definition) is 6. The van der Waals surface area contributed by atoms with Crippen LogP contribution in [-0.2, 0) is 11.3 Å². The minimum Gasteiger partial charge on any atom is -0.496 e. The molecule has 0 aliphatic carbocycles. The van der Waals surface area contributed by atoms with Crippen molar-refractivity contribution in [2.75, 3.05) is 21.3 Å². The second-order valence-electron chi connectivity index (χ2n) is 7.90. The highest BCUT2D eigenvalue weighted by molar-refractivity contribution is 6.22. The summed E-state index contributed by atoms with van der Waals surface area (Å²) in [6.07, 6.45) is 0.341. The molecule has 3 amide bonds. The molecule has 0 fully saturated rings. The Balaban J connectivity index is 1.86. The standard InChI is InChI=1S/C24H28N2O6/c1-14(2)10-19(26-23(28)16-8-6-7-9-17(16)24(26)29)22(27)25-13-18-20(31-4)11-15(30-3)12-21(18)32-5/h6-9,11-12,14,19H,10,13H2,1-5H3,(H,25,27)/t19-/m1/s1. The zero-order valence-corrected chi connectivity index (χ0v) is 18.9. The highest BCUT2D eigenvalue weighted by Crippen LogP contribution is 2.34. The summed E-state index contributed by atoms with van der Waals surface area (Å²) < 4.78 is 16.1. The van der Waals surface area contributed by atoms with Crippen LogP contribution in [0.3, 0.4) is 0 Å². The number of fused-ring (bicyclic) bond motifs is 1. The van der Waals surface area contributed by atoms with Crippen LogP contribution >= 0.6 is 0 Å². The summed E-state index contributed by atoms with van der Waals surface area (Å²) in [5.41, 5.74) is 1.25. The largest absolute Gasteiger partial charge is 0.496 e. The van der Waals surface area contributed by atoms with Gasteiger partial charge in [-0.05, 0) is 24.5 Å². The summed E-state index contributed by atoms with van der Waals surface area (Å²) in [4.78, 5) is 40.2. The Bertz CT molecular complexity index is 973. The molecule has 1 aliphatic rings. The lowest BCUT2D eigenvalue weighted by Crippen LogP contribution is -2.50. The Morgan fingerprint density at radius 2 is 1.47 bits per heavy atom. The number of hydrogen-bond donors (Lipinski definition) is 1. The second kappa shape index (κ2) is 9.72. The van der Waals surface area contributed by atoms with Gasteiger partial charge in [-0.3, -0.25) is 19.3 Å². The highest BCUT2D eigenvalue weighted by Gasteiger charge is 2.42. The number of ether oxygens (including phenoxy) is 3. The molecule has 1 atom stereocenters. The zero-order chi connectivity index (χ0) is 23.4. The SMILES string of the molecule is COc1cc(OC)c(CNC(=O)[C@@H](CC(C)C)N2C(=O)c3ccccc3C2=O)c(OC)c1. The molecule has 0 unspecified atom stereocenters. The van der Waals surface area contributed by atoms with E-state index in [-0.39, 0.29) is 12.5 Å². The maximum Gasteiger partial charge on any atom is 0.262 e. The van der Waals surface area contributed by atoms with E-state index in [1.807, 2.05) is 13.8 Å². The summed E-state index contributed by atoms with van der Waals surface area (Å²) in [5.74, 6) is 0.285. The third-order valence-electron chi connectivity index (χ3n) is 5.39. The number of imide groups is 1. The number of nitrogens with one attached hydrogen (secondary N) is 1. The molecule has 8 nitrogen and oxygen atoms in total. The third kappa shape index (κ3) is 4.39. The van der Waals surface area contributed by atoms with Crippen LogP contribution in [0, 0.1) is 5.92 Å². The van der Waals surface area contributed by atoms with Crippen molar-refractivity contribution in [3.05, 3.63) is 53.1 Å². The van der Waals surface area contributed by atoms with E-state index in [4.69, 9.17) is 14.2 Å². The van der Waals surface area contributed by atoms with Gasteiger partial charge in [0.05, 0.1) is 44.6 Å². The molecular formula is C24H28N2O6. The molecule has 0 aromatic heterocycles. The van der Waals surface area contributed by atoms with E-state index in [0.717, 1.165) is 4.90 Å². The Kier molecular flexibility index (Phi) is 7.02. The van der Waals surface area contributed by atoms with Crippen LogP contribution in [0.5, 0.6) is 17.2 Å². The minimum atomic E-state index is -0.933. The molecule has 0 bridgehead atoms. The van der Waals surface area contributed by atoms with Crippen LogP contribution < -0.4 is 19.5 Å². The van der Waals surface area contributed by atoms with E-state index in [1.165, 1.54) is 21.3 Å². The van der Waals surface area contributed by atoms with Crippen LogP contribution in [0.2, 0.25) is 0 Å². The van der Waals surface area contributed by atoms with E-state index >= 15 is 0 Å². The van der Waals surface area contributed by atoms with Crippen molar-refractivity contribution >= 4 is 17.7 Å². The number of amides is 3. The molecule has 0 radical (unpaired) electrons. The lowest BCUT2D eigenvalue weighted by atomic mass is 10.0. The number of nitrogens with zero attached hydrogens (tertiary/aromatic N) is 1. The Labute approximate surface area is 187 Å². The molecule has 0 saturated carbocycles. The average molecular weight is 440 g/mol. The molecule has 3 rings (SSSR count). The Morgan fingerprint density at radius 3 is 1.91 bits per heavy atom. The van der Waals surface area contributed by atoms with E-state index in [1.54, 1.807) is 36.4 Å². The summed E-state index contributed by atoms with van der Waals surface area (Å²) in [7, 11) is 4.56. The van der Waals surface area contributed by atoms with Gasteiger partial charge < -0.3 is 19.5 Å². The summed E-state index contributed by atoms with van der Waals surface area (Å²) in [6, 6.07) is 9.07. The van der Waals surface area contributed by atoms with Crippen LogP contribution in [0.4, 0.5) is 0 Å². The number of carbonyl (C=O) groups is 3. The van der Waals surface area contributed by atoms with Gasteiger partial charge in [-0.15, -0.1) is 0 Å². The molecule has 170 valence electrons. The van der Waals surface area contributed by atoms with Crippen molar-refractivity contribution in [3.8, 4) is 17.2 Å². The van der Waals surface area contributed by atoms with Crippen LogP contribution in [-0.4, -0.2) is 50.0 Å². The predicted molar refractivity (Wildman–Crippen MR) is 118 cm³/mol. The van der Waals surface area contributed by atoms with E-state index in [0.29, 0.717) is 40.4 Å². The van der Waals surface area contributed by atoms with Gasteiger partial charge in [0.1, 0.15) is 23.3 Å². The molecule has 0 spiro atoms. The van der Waals surface area contributed by atoms with Crippen molar-refractivity contribution in [1.82, 2.24) is 10.2 Å². The molecule has 2 aromatic rings. The van der Waals surface area contributed by atoms with Gasteiger partial charge in [-0.1, -0.05) is 26.0 Å². The molecular weight excluding hydrogens is 412 g/mol. The Morgan fingerprint density at radius 1 is 0.938 bits per heavy atom. The van der Waals surface area contributed by atoms with E-state index < -0.39 is 23.8 Å². The van der Waals surface area contributed by atoms with E-state index in [2.05, 4.69) is 5.32 Å². The number of carbonyl (C=O) groups excluding carboxylic acids is 3. The first-order valence-electron chi connectivity index (χ1n) is 10.4. The van der Waals surface area contributed by atoms with Crippen LogP contribution in [0.15, 0.2) is 36.4 Å². The lowest BCUT2D eigenvalue weighted by molar-refractivity contribution is -0.125. The fraction of sp³-hybridized carbons (Fsp3) is 0.375. The second-order valence-corrected chi connectivity index (χ2v) is 7.90. The normalized spacial score (nSPS) is 13.8. The molecule has 32 heavy (non-hydrogen) atoms. The van der Waals surface area contributed by atoms with E-state index in [9.17, 15) is 14.4 Å². The summed E-state index contributed by atoms with van der Waals surface area (Å²) in [6.45, 7) is 3.97. The molecule has 2 aromatic carbocycles. The number of benzene rings is 2.